The van der Waals surface area contributed by atoms with Crippen molar-refractivity contribution in [2.45, 2.75) is 33.7 Å². The SMILES string of the molecule is COCOCN[C@H](C(C)=O)C(C)(C)C. The van der Waals surface area contributed by atoms with E-state index in [1.54, 1.807) is 14.0 Å². The molecule has 0 fully saturated rings. The van der Waals surface area contributed by atoms with Gasteiger partial charge in [0, 0.05) is 7.11 Å². The second kappa shape index (κ2) is 6.11. The molecular formula is C10H21NO3. The number of hydrogen-bond donors (Lipinski definition) is 1. The Hall–Kier alpha value is -0.450. The third kappa shape index (κ3) is 5.32. The Bertz CT molecular complexity index is 175. The van der Waals surface area contributed by atoms with Gasteiger partial charge in [0.05, 0.1) is 12.8 Å². The van der Waals surface area contributed by atoms with E-state index in [-0.39, 0.29) is 24.0 Å². The number of methoxy groups -OCH3 is 1. The van der Waals surface area contributed by atoms with E-state index in [9.17, 15) is 4.79 Å². The van der Waals surface area contributed by atoms with Crippen LogP contribution in [0.3, 0.4) is 0 Å². The predicted octanol–water partition coefficient (Wildman–Crippen LogP) is 1.16. The second-order valence-electron chi connectivity index (χ2n) is 4.37. The molecular weight excluding hydrogens is 182 g/mol. The Morgan fingerprint density at radius 3 is 2.36 bits per heavy atom. The molecule has 0 bridgehead atoms. The lowest BCUT2D eigenvalue weighted by atomic mass is 9.85. The van der Waals surface area contributed by atoms with Gasteiger partial charge in [-0.25, -0.2) is 0 Å². The van der Waals surface area contributed by atoms with Crippen molar-refractivity contribution in [2.24, 2.45) is 5.41 Å². The van der Waals surface area contributed by atoms with Gasteiger partial charge in [-0.05, 0) is 12.3 Å². The highest BCUT2D eigenvalue weighted by molar-refractivity contribution is 5.82. The van der Waals surface area contributed by atoms with Crippen LogP contribution in [0.5, 0.6) is 0 Å². The standard InChI is InChI=1S/C10H21NO3/c1-8(12)9(10(2,3)4)11-6-14-7-13-5/h9,11H,6-7H2,1-5H3/t9-/m1/s1. The van der Waals surface area contributed by atoms with Gasteiger partial charge in [0.25, 0.3) is 0 Å². The Morgan fingerprint density at radius 1 is 1.43 bits per heavy atom. The van der Waals surface area contributed by atoms with Crippen LogP contribution in [0.1, 0.15) is 27.7 Å². The molecule has 0 aliphatic heterocycles. The number of carbonyl (C=O) groups excluding carboxylic acids is 1. The van der Waals surface area contributed by atoms with Gasteiger partial charge in [0.15, 0.2) is 0 Å². The normalized spacial score (nSPS) is 14.1. The Kier molecular flexibility index (Phi) is 5.92. The van der Waals surface area contributed by atoms with Crippen LogP contribution in [0, 0.1) is 5.41 Å². The summed E-state index contributed by atoms with van der Waals surface area (Å²) in [6, 6.07) is -0.181. The van der Waals surface area contributed by atoms with Gasteiger partial charge in [-0.1, -0.05) is 20.8 Å². The molecule has 1 N–H and O–H groups in total. The highest BCUT2D eigenvalue weighted by Gasteiger charge is 2.27. The zero-order chi connectivity index (χ0) is 11.2. The van der Waals surface area contributed by atoms with Crippen molar-refractivity contribution in [3.63, 3.8) is 0 Å². The first-order valence-electron chi connectivity index (χ1n) is 4.70. The average Bonchev–Trinajstić information content (AvgIpc) is 2.01. The topological polar surface area (TPSA) is 47.6 Å². The molecule has 4 nitrogen and oxygen atoms in total. The first kappa shape index (κ1) is 13.5. The molecule has 0 spiro atoms. The molecule has 0 aliphatic carbocycles. The molecule has 0 heterocycles. The van der Waals surface area contributed by atoms with E-state index in [4.69, 9.17) is 9.47 Å². The summed E-state index contributed by atoms with van der Waals surface area (Å²) in [5.74, 6) is 0.124. The van der Waals surface area contributed by atoms with E-state index >= 15 is 0 Å². The Morgan fingerprint density at radius 2 is 2.00 bits per heavy atom. The second-order valence-corrected chi connectivity index (χ2v) is 4.37. The summed E-state index contributed by atoms with van der Waals surface area (Å²) in [6.07, 6.45) is 0. The van der Waals surface area contributed by atoms with Crippen LogP contribution in [-0.4, -0.2) is 32.5 Å². The molecule has 0 amide bonds. The summed E-state index contributed by atoms with van der Waals surface area (Å²) >= 11 is 0. The average molecular weight is 203 g/mol. The lowest BCUT2D eigenvalue weighted by Gasteiger charge is -2.29. The molecule has 0 aromatic carbocycles. The first-order valence-corrected chi connectivity index (χ1v) is 4.70. The van der Waals surface area contributed by atoms with Gasteiger partial charge < -0.3 is 9.47 Å². The number of nitrogens with one attached hydrogen (secondary N) is 1. The molecule has 14 heavy (non-hydrogen) atoms. The molecule has 0 aliphatic rings. The minimum absolute atomic E-state index is 0.0950. The van der Waals surface area contributed by atoms with Crippen LogP contribution in [0.4, 0.5) is 0 Å². The van der Waals surface area contributed by atoms with E-state index in [1.807, 2.05) is 20.8 Å². The summed E-state index contributed by atoms with van der Waals surface area (Å²) in [5, 5.41) is 3.04. The number of hydrogen-bond acceptors (Lipinski definition) is 4. The third-order valence-corrected chi connectivity index (χ3v) is 1.86. The quantitative estimate of drug-likeness (QED) is 0.520. The van der Waals surface area contributed by atoms with Crippen molar-refractivity contribution in [3.05, 3.63) is 0 Å². The van der Waals surface area contributed by atoms with Gasteiger partial charge in [-0.3, -0.25) is 10.1 Å². The fraction of sp³-hybridized carbons (Fsp3) is 0.900. The zero-order valence-electron chi connectivity index (χ0n) is 9.72. The Labute approximate surface area is 86.0 Å². The molecule has 0 unspecified atom stereocenters. The largest absolute Gasteiger partial charge is 0.359 e. The van der Waals surface area contributed by atoms with E-state index in [2.05, 4.69) is 5.32 Å². The third-order valence-electron chi connectivity index (χ3n) is 1.86. The van der Waals surface area contributed by atoms with E-state index in [1.165, 1.54) is 0 Å². The molecule has 1 atom stereocenters. The fourth-order valence-electron chi connectivity index (χ4n) is 1.33. The summed E-state index contributed by atoms with van der Waals surface area (Å²) in [6.45, 7) is 8.20. The number of rotatable bonds is 6. The van der Waals surface area contributed by atoms with Crippen LogP contribution in [-0.2, 0) is 14.3 Å². The van der Waals surface area contributed by atoms with Crippen LogP contribution >= 0.6 is 0 Å². The summed E-state index contributed by atoms with van der Waals surface area (Å²) in [7, 11) is 1.56. The van der Waals surface area contributed by atoms with Crippen molar-refractivity contribution in [1.82, 2.24) is 5.32 Å². The molecule has 0 aromatic rings. The molecule has 0 aromatic heterocycles. The molecule has 84 valence electrons. The Balaban J connectivity index is 3.94. The highest BCUT2D eigenvalue weighted by atomic mass is 16.7. The first-order chi connectivity index (χ1) is 6.39. The smallest absolute Gasteiger partial charge is 0.148 e. The number of carbonyl (C=O) groups is 1. The van der Waals surface area contributed by atoms with Gasteiger partial charge >= 0.3 is 0 Å². The summed E-state index contributed by atoms with van der Waals surface area (Å²) in [5.41, 5.74) is -0.0950. The van der Waals surface area contributed by atoms with Crippen molar-refractivity contribution in [1.29, 1.82) is 0 Å². The van der Waals surface area contributed by atoms with E-state index in [0.717, 1.165) is 0 Å². The van der Waals surface area contributed by atoms with Gasteiger partial charge in [0.2, 0.25) is 0 Å². The number of ketones is 1. The monoisotopic (exact) mass is 203 g/mol. The van der Waals surface area contributed by atoms with Crippen molar-refractivity contribution >= 4 is 5.78 Å². The molecule has 0 saturated heterocycles. The molecule has 0 saturated carbocycles. The maximum absolute atomic E-state index is 11.3. The van der Waals surface area contributed by atoms with Gasteiger partial charge in [-0.15, -0.1) is 0 Å². The van der Waals surface area contributed by atoms with Crippen molar-refractivity contribution in [3.8, 4) is 0 Å². The van der Waals surface area contributed by atoms with Crippen LogP contribution in [0.2, 0.25) is 0 Å². The summed E-state index contributed by atoms with van der Waals surface area (Å²) < 4.78 is 9.80. The van der Waals surface area contributed by atoms with Gasteiger partial charge in [0.1, 0.15) is 12.6 Å². The lowest BCUT2D eigenvalue weighted by Crippen LogP contribution is -2.46. The van der Waals surface area contributed by atoms with E-state index < -0.39 is 0 Å². The lowest BCUT2D eigenvalue weighted by molar-refractivity contribution is -0.122. The van der Waals surface area contributed by atoms with Crippen molar-refractivity contribution in [2.75, 3.05) is 20.6 Å². The number of Topliss-reactive ketones (excluding diaryl/α,β-unsaturated/α-hetero) is 1. The maximum Gasteiger partial charge on any atom is 0.148 e. The van der Waals surface area contributed by atoms with Crippen LogP contribution in [0.25, 0.3) is 0 Å². The predicted molar refractivity (Wildman–Crippen MR) is 54.9 cm³/mol. The van der Waals surface area contributed by atoms with Gasteiger partial charge in [-0.2, -0.15) is 0 Å². The van der Waals surface area contributed by atoms with Crippen LogP contribution < -0.4 is 5.32 Å². The van der Waals surface area contributed by atoms with E-state index in [0.29, 0.717) is 6.73 Å². The maximum atomic E-state index is 11.3. The zero-order valence-corrected chi connectivity index (χ0v) is 9.72. The fourth-order valence-corrected chi connectivity index (χ4v) is 1.33. The van der Waals surface area contributed by atoms with Crippen LogP contribution in [0.15, 0.2) is 0 Å². The minimum Gasteiger partial charge on any atom is -0.359 e. The van der Waals surface area contributed by atoms with Crippen molar-refractivity contribution < 1.29 is 14.3 Å². The highest BCUT2D eigenvalue weighted by Crippen LogP contribution is 2.19. The number of ether oxygens (including phenoxy) is 2. The molecule has 4 heteroatoms. The summed E-state index contributed by atoms with van der Waals surface area (Å²) in [4.78, 5) is 11.3. The molecule has 0 radical (unpaired) electrons. The molecule has 0 rings (SSSR count). The minimum atomic E-state index is -0.181.